The summed E-state index contributed by atoms with van der Waals surface area (Å²) in [6.07, 6.45) is 11.1. The summed E-state index contributed by atoms with van der Waals surface area (Å²) in [7, 11) is 0. The molecule has 0 aliphatic heterocycles. The highest BCUT2D eigenvalue weighted by atomic mass is 19.1. The zero-order valence-electron chi connectivity index (χ0n) is 8.49. The standard InChI is InChI=1S/C14H13F/c15-11-13-9-5-6-10-14(13)12-7-3-1-2-4-8-12/h1-3,5-10H,4,11H2. The summed E-state index contributed by atoms with van der Waals surface area (Å²) in [5.74, 6) is 0. The molecule has 0 atom stereocenters. The van der Waals surface area contributed by atoms with Crippen molar-refractivity contribution in [2.45, 2.75) is 13.1 Å². The van der Waals surface area contributed by atoms with E-state index in [0.717, 1.165) is 23.1 Å². The molecule has 0 saturated carbocycles. The minimum absolute atomic E-state index is 0.408. The zero-order valence-corrected chi connectivity index (χ0v) is 8.49. The van der Waals surface area contributed by atoms with E-state index < -0.39 is 6.67 Å². The summed E-state index contributed by atoms with van der Waals surface area (Å²) in [6, 6.07) is 7.62. The first-order valence-corrected chi connectivity index (χ1v) is 5.09. The number of alkyl halides is 1. The van der Waals surface area contributed by atoms with Gasteiger partial charge < -0.3 is 0 Å². The van der Waals surface area contributed by atoms with Crippen molar-refractivity contribution in [3.63, 3.8) is 0 Å². The first-order valence-electron chi connectivity index (χ1n) is 5.09. The van der Waals surface area contributed by atoms with Crippen LogP contribution in [-0.2, 0) is 6.67 Å². The summed E-state index contributed by atoms with van der Waals surface area (Å²) in [5.41, 5.74) is 2.86. The van der Waals surface area contributed by atoms with Crippen LogP contribution in [0.3, 0.4) is 0 Å². The Morgan fingerprint density at radius 2 is 2.00 bits per heavy atom. The molecule has 1 aliphatic carbocycles. The molecule has 1 aliphatic rings. The van der Waals surface area contributed by atoms with Gasteiger partial charge in [0.2, 0.25) is 0 Å². The number of hydrogen-bond donors (Lipinski definition) is 0. The minimum atomic E-state index is -0.408. The van der Waals surface area contributed by atoms with Crippen LogP contribution in [0.5, 0.6) is 0 Å². The van der Waals surface area contributed by atoms with Crippen molar-refractivity contribution in [1.82, 2.24) is 0 Å². The summed E-state index contributed by atoms with van der Waals surface area (Å²) in [6.45, 7) is -0.408. The minimum Gasteiger partial charge on any atom is -0.246 e. The van der Waals surface area contributed by atoms with E-state index in [2.05, 4.69) is 12.2 Å². The summed E-state index contributed by atoms with van der Waals surface area (Å²) in [4.78, 5) is 0. The molecule has 0 saturated heterocycles. The topological polar surface area (TPSA) is 0 Å². The van der Waals surface area contributed by atoms with Crippen LogP contribution in [0.25, 0.3) is 5.57 Å². The zero-order chi connectivity index (χ0) is 10.5. The number of benzene rings is 1. The van der Waals surface area contributed by atoms with Gasteiger partial charge in [-0.25, -0.2) is 4.39 Å². The smallest absolute Gasteiger partial charge is 0.115 e. The molecule has 76 valence electrons. The molecule has 0 bridgehead atoms. The molecule has 1 aromatic carbocycles. The second-order valence-corrected chi connectivity index (χ2v) is 3.47. The molecule has 0 N–H and O–H groups in total. The molecule has 0 fully saturated rings. The average molecular weight is 200 g/mol. The number of rotatable bonds is 2. The van der Waals surface area contributed by atoms with Crippen molar-refractivity contribution in [2.75, 3.05) is 0 Å². The molecule has 0 aromatic heterocycles. The van der Waals surface area contributed by atoms with Gasteiger partial charge in [0, 0.05) is 0 Å². The molecule has 1 heteroatoms. The number of halogens is 1. The molecule has 0 radical (unpaired) electrons. The largest absolute Gasteiger partial charge is 0.246 e. The van der Waals surface area contributed by atoms with Gasteiger partial charge in [0.25, 0.3) is 0 Å². The lowest BCUT2D eigenvalue weighted by molar-refractivity contribution is 0.484. The van der Waals surface area contributed by atoms with Crippen molar-refractivity contribution in [3.05, 3.63) is 65.8 Å². The molecule has 0 nitrogen and oxygen atoms in total. The third kappa shape index (κ3) is 2.24. The maximum atomic E-state index is 12.8. The van der Waals surface area contributed by atoms with Crippen molar-refractivity contribution in [1.29, 1.82) is 0 Å². The van der Waals surface area contributed by atoms with E-state index in [9.17, 15) is 4.39 Å². The quantitative estimate of drug-likeness (QED) is 0.675. The third-order valence-electron chi connectivity index (χ3n) is 2.47. The lowest BCUT2D eigenvalue weighted by atomic mass is 9.99. The van der Waals surface area contributed by atoms with Crippen LogP contribution in [0.4, 0.5) is 4.39 Å². The highest BCUT2D eigenvalue weighted by Gasteiger charge is 2.04. The molecule has 0 amide bonds. The maximum Gasteiger partial charge on any atom is 0.115 e. The highest BCUT2D eigenvalue weighted by Crippen LogP contribution is 2.23. The van der Waals surface area contributed by atoms with E-state index in [0.29, 0.717) is 0 Å². The van der Waals surface area contributed by atoms with Gasteiger partial charge in [0.15, 0.2) is 0 Å². The SMILES string of the molecule is FCc1ccccc1C1=CCC=CC=C1. The van der Waals surface area contributed by atoms with E-state index in [4.69, 9.17) is 0 Å². The highest BCUT2D eigenvalue weighted by molar-refractivity contribution is 5.76. The normalized spacial score (nSPS) is 14.9. The third-order valence-corrected chi connectivity index (χ3v) is 2.47. The maximum absolute atomic E-state index is 12.8. The van der Waals surface area contributed by atoms with Crippen LogP contribution in [0.2, 0.25) is 0 Å². The monoisotopic (exact) mass is 200 g/mol. The second kappa shape index (κ2) is 4.74. The second-order valence-electron chi connectivity index (χ2n) is 3.47. The Morgan fingerprint density at radius 3 is 2.87 bits per heavy atom. The van der Waals surface area contributed by atoms with E-state index in [-0.39, 0.29) is 0 Å². The van der Waals surface area contributed by atoms with Gasteiger partial charge in [-0.2, -0.15) is 0 Å². The Bertz CT molecular complexity index is 425. The van der Waals surface area contributed by atoms with Crippen LogP contribution < -0.4 is 0 Å². The van der Waals surface area contributed by atoms with E-state index >= 15 is 0 Å². The van der Waals surface area contributed by atoms with Gasteiger partial charge in [-0.3, -0.25) is 0 Å². The van der Waals surface area contributed by atoms with Gasteiger partial charge in [-0.15, -0.1) is 0 Å². The Kier molecular flexibility index (Phi) is 3.13. The van der Waals surface area contributed by atoms with Crippen molar-refractivity contribution < 1.29 is 4.39 Å². The predicted octanol–water partition coefficient (Wildman–Crippen LogP) is 4.06. The van der Waals surface area contributed by atoms with Crippen LogP contribution in [-0.4, -0.2) is 0 Å². The summed E-state index contributed by atoms with van der Waals surface area (Å²) < 4.78 is 12.8. The van der Waals surface area contributed by atoms with Crippen LogP contribution in [0.15, 0.2) is 54.6 Å². The van der Waals surface area contributed by atoms with Gasteiger partial charge in [0.1, 0.15) is 6.67 Å². The van der Waals surface area contributed by atoms with Crippen LogP contribution in [0, 0.1) is 0 Å². The first-order chi connectivity index (χ1) is 7.42. The van der Waals surface area contributed by atoms with Crippen molar-refractivity contribution >= 4 is 5.57 Å². The Labute approximate surface area is 89.4 Å². The van der Waals surface area contributed by atoms with Crippen LogP contribution >= 0.6 is 0 Å². The fourth-order valence-electron chi connectivity index (χ4n) is 1.70. The van der Waals surface area contributed by atoms with E-state index in [1.165, 1.54) is 0 Å². The molecule has 1 aromatic rings. The lowest BCUT2D eigenvalue weighted by Crippen LogP contribution is -1.89. The predicted molar refractivity (Wildman–Crippen MR) is 62.1 cm³/mol. The Morgan fingerprint density at radius 1 is 1.13 bits per heavy atom. The van der Waals surface area contributed by atoms with E-state index in [1.807, 2.05) is 42.5 Å². The Hall–Kier alpha value is -1.63. The summed E-state index contributed by atoms with van der Waals surface area (Å²) >= 11 is 0. The van der Waals surface area contributed by atoms with Gasteiger partial charge >= 0.3 is 0 Å². The van der Waals surface area contributed by atoms with Crippen molar-refractivity contribution in [3.8, 4) is 0 Å². The van der Waals surface area contributed by atoms with E-state index in [1.54, 1.807) is 0 Å². The lowest BCUT2D eigenvalue weighted by Gasteiger charge is -2.06. The fraction of sp³-hybridized carbons (Fsp3) is 0.143. The molecule has 15 heavy (non-hydrogen) atoms. The Balaban J connectivity index is 2.40. The molecule has 0 spiro atoms. The molecular formula is C14H13F. The fourth-order valence-corrected chi connectivity index (χ4v) is 1.70. The van der Waals surface area contributed by atoms with Crippen molar-refractivity contribution in [2.24, 2.45) is 0 Å². The molecule has 0 heterocycles. The van der Waals surface area contributed by atoms with Gasteiger partial charge in [0.05, 0.1) is 0 Å². The molecule has 2 rings (SSSR count). The first kappa shape index (κ1) is 9.91. The summed E-state index contributed by atoms with van der Waals surface area (Å²) in [5, 5.41) is 0. The molecule has 0 unspecified atom stereocenters. The average Bonchev–Trinajstić information content (AvgIpc) is 2.57. The number of allylic oxidation sites excluding steroid dienone is 6. The van der Waals surface area contributed by atoms with Gasteiger partial charge in [-0.05, 0) is 23.1 Å². The molecular weight excluding hydrogens is 187 g/mol. The van der Waals surface area contributed by atoms with Crippen LogP contribution in [0.1, 0.15) is 17.5 Å². The number of hydrogen-bond acceptors (Lipinski definition) is 0. The van der Waals surface area contributed by atoms with Gasteiger partial charge in [-0.1, -0.05) is 54.6 Å².